The fourth-order valence-electron chi connectivity index (χ4n) is 3.71. The maximum atomic E-state index is 13.0. The largest absolute Gasteiger partial charge is 0.385 e. The monoisotopic (exact) mass is 395 g/mol. The molecule has 9 heteroatoms. The van der Waals surface area contributed by atoms with Crippen LogP contribution in [0.25, 0.3) is 5.65 Å². The number of nitrogens with two attached hydrogens (primary N) is 1. The summed E-state index contributed by atoms with van der Waals surface area (Å²) in [6.45, 7) is 5.12. The van der Waals surface area contributed by atoms with E-state index in [-0.39, 0.29) is 23.7 Å². The number of carbonyl (C=O) groups excluding carboxylic acids is 1. The smallest absolute Gasteiger partial charge is 0.255 e. The molecular weight excluding hydrogens is 370 g/mol. The van der Waals surface area contributed by atoms with Crippen LogP contribution < -0.4 is 5.73 Å². The topological polar surface area (TPSA) is 123 Å². The quantitative estimate of drug-likeness (QED) is 0.690. The van der Waals surface area contributed by atoms with Crippen molar-refractivity contribution in [3.05, 3.63) is 47.7 Å². The van der Waals surface area contributed by atoms with Crippen LogP contribution in [0.4, 0.5) is 5.95 Å². The summed E-state index contributed by atoms with van der Waals surface area (Å²) < 4.78 is 1.70. The van der Waals surface area contributed by atoms with Gasteiger partial charge in [0.1, 0.15) is 6.10 Å². The van der Waals surface area contributed by atoms with Crippen LogP contribution in [0.2, 0.25) is 0 Å². The van der Waals surface area contributed by atoms with Gasteiger partial charge < -0.3 is 15.7 Å². The number of hydrogen-bond acceptors (Lipinski definition) is 7. The number of hydrogen-bond donors (Lipinski definition) is 2. The summed E-state index contributed by atoms with van der Waals surface area (Å²) in [6, 6.07) is 5.41. The van der Waals surface area contributed by atoms with Gasteiger partial charge in [-0.2, -0.15) is 0 Å². The van der Waals surface area contributed by atoms with Crippen LogP contribution >= 0.6 is 0 Å². The Balaban J connectivity index is 1.50. The molecule has 1 atom stereocenters. The summed E-state index contributed by atoms with van der Waals surface area (Å²) in [5.74, 6) is 0.965. The first kappa shape index (κ1) is 19.3. The molecule has 4 heterocycles. The fourth-order valence-corrected chi connectivity index (χ4v) is 3.71. The highest BCUT2D eigenvalue weighted by Gasteiger charge is 2.26. The number of pyridine rings is 1. The summed E-state index contributed by atoms with van der Waals surface area (Å²) in [4.78, 5) is 23.1. The zero-order valence-corrected chi connectivity index (χ0v) is 16.6. The van der Waals surface area contributed by atoms with Gasteiger partial charge in [-0.3, -0.25) is 9.20 Å². The van der Waals surface area contributed by atoms with E-state index in [2.05, 4.69) is 20.2 Å². The number of aliphatic hydroxyl groups excluding tert-OH is 1. The number of piperidine rings is 1. The lowest BCUT2D eigenvalue weighted by Crippen LogP contribution is -2.38. The Morgan fingerprint density at radius 1 is 1.21 bits per heavy atom. The minimum absolute atomic E-state index is 0.00313. The molecule has 3 N–H and O–H groups in total. The zero-order chi connectivity index (χ0) is 20.5. The van der Waals surface area contributed by atoms with Gasteiger partial charge in [-0.25, -0.2) is 9.97 Å². The fraction of sp³-hybridized carbons (Fsp3) is 0.450. The van der Waals surface area contributed by atoms with Crippen LogP contribution in [0.3, 0.4) is 0 Å². The van der Waals surface area contributed by atoms with Gasteiger partial charge >= 0.3 is 0 Å². The minimum atomic E-state index is -0.744. The Bertz CT molecular complexity index is 1020. The lowest BCUT2D eigenvalue weighted by molar-refractivity contribution is 0.0711. The van der Waals surface area contributed by atoms with Crippen molar-refractivity contribution in [2.45, 2.75) is 38.7 Å². The molecule has 4 rings (SSSR count). The number of carbonyl (C=O) groups is 1. The average molecular weight is 395 g/mol. The van der Waals surface area contributed by atoms with Gasteiger partial charge in [0.2, 0.25) is 5.95 Å². The van der Waals surface area contributed by atoms with E-state index >= 15 is 0 Å². The first-order valence-electron chi connectivity index (χ1n) is 9.84. The molecule has 1 fully saturated rings. The molecule has 3 aromatic heterocycles. The van der Waals surface area contributed by atoms with Crippen LogP contribution in [0, 0.1) is 5.92 Å². The number of aromatic nitrogens is 5. The normalized spacial score (nSPS) is 16.5. The van der Waals surface area contributed by atoms with Gasteiger partial charge in [0, 0.05) is 37.1 Å². The lowest BCUT2D eigenvalue weighted by atomic mass is 9.93. The predicted molar refractivity (Wildman–Crippen MR) is 107 cm³/mol. The zero-order valence-electron chi connectivity index (χ0n) is 16.6. The van der Waals surface area contributed by atoms with Crippen molar-refractivity contribution >= 4 is 17.5 Å². The molecule has 29 heavy (non-hydrogen) atoms. The van der Waals surface area contributed by atoms with E-state index in [1.54, 1.807) is 28.9 Å². The molecule has 3 aromatic rings. The van der Waals surface area contributed by atoms with Crippen molar-refractivity contribution in [1.82, 2.24) is 29.5 Å². The Kier molecular flexibility index (Phi) is 5.14. The number of rotatable bonds is 4. The molecule has 0 saturated carbocycles. The van der Waals surface area contributed by atoms with Crippen molar-refractivity contribution in [3.8, 4) is 0 Å². The molecule has 0 radical (unpaired) electrons. The molecule has 0 aromatic carbocycles. The first-order valence-corrected chi connectivity index (χ1v) is 9.84. The molecular formula is C20H25N7O2. The summed E-state index contributed by atoms with van der Waals surface area (Å²) in [5.41, 5.74) is 7.78. The molecule has 9 nitrogen and oxygen atoms in total. The number of aliphatic hydroxyl groups is 1. The Labute approximate surface area is 168 Å². The third-order valence-electron chi connectivity index (χ3n) is 5.47. The third kappa shape index (κ3) is 3.77. The summed E-state index contributed by atoms with van der Waals surface area (Å²) in [6.07, 6.45) is 4.30. The molecule has 1 aliphatic rings. The number of nitrogen functional groups attached to an aromatic ring is 1. The van der Waals surface area contributed by atoms with Crippen molar-refractivity contribution in [3.63, 3.8) is 0 Å². The van der Waals surface area contributed by atoms with Crippen molar-refractivity contribution < 1.29 is 9.90 Å². The highest BCUT2D eigenvalue weighted by molar-refractivity contribution is 5.94. The molecule has 1 aliphatic heterocycles. The number of nitrogens with zero attached hydrogens (tertiary/aromatic N) is 6. The van der Waals surface area contributed by atoms with E-state index in [0.29, 0.717) is 30.1 Å². The van der Waals surface area contributed by atoms with Gasteiger partial charge in [-0.05, 0) is 37.0 Å². The van der Waals surface area contributed by atoms with Crippen LogP contribution in [0.5, 0.6) is 0 Å². The molecule has 0 bridgehead atoms. The molecule has 0 spiro atoms. The lowest BCUT2D eigenvalue weighted by Gasteiger charge is -2.31. The maximum absolute atomic E-state index is 13.0. The molecule has 152 valence electrons. The van der Waals surface area contributed by atoms with Crippen molar-refractivity contribution in [1.29, 1.82) is 0 Å². The van der Waals surface area contributed by atoms with E-state index in [1.807, 2.05) is 24.8 Å². The molecule has 1 saturated heterocycles. The standard InChI is InChI=1S/C20H25N7O2/c1-12(2)17(28)18-25-24-16-4-3-14(11-27(16)18)19(29)26-9-6-13(7-10-26)15-5-8-22-20(21)23-15/h3-5,8,11-13,17,28H,6-7,9-10H2,1-2H3,(H2,21,22,23). The van der Waals surface area contributed by atoms with E-state index in [4.69, 9.17) is 5.73 Å². The van der Waals surface area contributed by atoms with Crippen LogP contribution in [0.1, 0.15) is 60.6 Å². The second-order valence-electron chi connectivity index (χ2n) is 7.80. The van der Waals surface area contributed by atoms with E-state index < -0.39 is 6.10 Å². The maximum Gasteiger partial charge on any atom is 0.255 e. The van der Waals surface area contributed by atoms with Crippen molar-refractivity contribution in [2.75, 3.05) is 18.8 Å². The number of likely N-dealkylation sites (tertiary alicyclic amines) is 1. The van der Waals surface area contributed by atoms with Gasteiger partial charge in [0.25, 0.3) is 5.91 Å². The highest BCUT2D eigenvalue weighted by Crippen LogP contribution is 2.28. The first-order chi connectivity index (χ1) is 13.9. The Hall–Kier alpha value is -3.07. The van der Waals surface area contributed by atoms with E-state index in [0.717, 1.165) is 18.5 Å². The second-order valence-corrected chi connectivity index (χ2v) is 7.80. The van der Waals surface area contributed by atoms with Gasteiger partial charge in [-0.1, -0.05) is 13.8 Å². The Morgan fingerprint density at radius 2 is 1.97 bits per heavy atom. The SMILES string of the molecule is CC(C)C(O)c1nnc2ccc(C(=O)N3CCC(c4ccnc(N)n4)CC3)cn12. The Morgan fingerprint density at radius 3 is 2.66 bits per heavy atom. The summed E-state index contributed by atoms with van der Waals surface area (Å²) >= 11 is 0. The number of amides is 1. The minimum Gasteiger partial charge on any atom is -0.385 e. The summed E-state index contributed by atoms with van der Waals surface area (Å²) in [7, 11) is 0. The van der Waals surface area contributed by atoms with Crippen LogP contribution in [-0.4, -0.2) is 53.6 Å². The number of anilines is 1. The van der Waals surface area contributed by atoms with Gasteiger partial charge in [-0.15, -0.1) is 10.2 Å². The van der Waals surface area contributed by atoms with Crippen LogP contribution in [-0.2, 0) is 0 Å². The van der Waals surface area contributed by atoms with Crippen molar-refractivity contribution in [2.24, 2.45) is 5.92 Å². The van der Waals surface area contributed by atoms with E-state index in [9.17, 15) is 9.90 Å². The highest BCUT2D eigenvalue weighted by atomic mass is 16.3. The summed E-state index contributed by atoms with van der Waals surface area (Å²) in [5, 5.41) is 18.6. The number of fused-ring (bicyclic) bond motifs is 1. The molecule has 0 aliphatic carbocycles. The predicted octanol–water partition coefficient (Wildman–Crippen LogP) is 1.81. The molecule has 1 amide bonds. The second kappa shape index (κ2) is 7.75. The van der Waals surface area contributed by atoms with Gasteiger partial charge in [0.15, 0.2) is 11.5 Å². The van der Waals surface area contributed by atoms with E-state index in [1.165, 1.54) is 0 Å². The average Bonchev–Trinajstić information content (AvgIpc) is 3.16. The van der Waals surface area contributed by atoms with Gasteiger partial charge in [0.05, 0.1) is 5.56 Å². The van der Waals surface area contributed by atoms with Crippen LogP contribution in [0.15, 0.2) is 30.6 Å². The third-order valence-corrected chi connectivity index (χ3v) is 5.47. The molecule has 1 unspecified atom stereocenters.